The van der Waals surface area contributed by atoms with Crippen LogP contribution in [0.2, 0.25) is 0 Å². The van der Waals surface area contributed by atoms with Crippen LogP contribution in [-0.2, 0) is 0 Å². The van der Waals surface area contributed by atoms with E-state index in [4.69, 9.17) is 12.2 Å². The van der Waals surface area contributed by atoms with Gasteiger partial charge in [-0.05, 0) is 39.9 Å². The summed E-state index contributed by atoms with van der Waals surface area (Å²) >= 11 is 4.99. The second-order valence-corrected chi connectivity index (χ2v) is 4.24. The fourth-order valence-electron chi connectivity index (χ4n) is 0.911. The second kappa shape index (κ2) is 1.84. The molecule has 0 spiro atoms. The summed E-state index contributed by atoms with van der Waals surface area (Å²) in [5, 5.41) is 7.17. The Kier molecular flexibility index (Phi) is 1.44. The summed E-state index contributed by atoms with van der Waals surface area (Å²) in [7, 11) is 0. The van der Waals surface area contributed by atoms with Gasteiger partial charge in [0.25, 0.3) is 0 Å². The van der Waals surface area contributed by atoms with Crippen LogP contribution < -0.4 is 10.6 Å². The molecule has 0 atom stereocenters. The number of hydrogen-bond acceptors (Lipinski definition) is 1. The third-order valence-electron chi connectivity index (χ3n) is 2.41. The Bertz CT molecular complexity index is 154. The highest BCUT2D eigenvalue weighted by Gasteiger charge is 2.43. The van der Waals surface area contributed by atoms with E-state index in [1.54, 1.807) is 0 Å². The highest BCUT2D eigenvalue weighted by molar-refractivity contribution is 7.80. The van der Waals surface area contributed by atoms with Crippen LogP contribution >= 0.6 is 12.2 Å². The molecule has 0 unspecified atom stereocenters. The van der Waals surface area contributed by atoms with E-state index >= 15 is 0 Å². The zero-order valence-corrected chi connectivity index (χ0v) is 7.72. The van der Waals surface area contributed by atoms with Crippen LogP contribution in [0, 0.1) is 0 Å². The van der Waals surface area contributed by atoms with Gasteiger partial charge in [0.05, 0.1) is 11.1 Å². The summed E-state index contributed by atoms with van der Waals surface area (Å²) in [4.78, 5) is 0. The van der Waals surface area contributed by atoms with Gasteiger partial charge >= 0.3 is 0 Å². The average molecular weight is 158 g/mol. The smallest absolute Gasteiger partial charge is 0.167 e. The van der Waals surface area contributed by atoms with Gasteiger partial charge in [0, 0.05) is 0 Å². The molecule has 2 N–H and O–H groups in total. The molecule has 0 aliphatic carbocycles. The maximum atomic E-state index is 4.99. The molecule has 1 aliphatic heterocycles. The van der Waals surface area contributed by atoms with Crippen LogP contribution in [0.25, 0.3) is 0 Å². The van der Waals surface area contributed by atoms with E-state index in [1.165, 1.54) is 0 Å². The van der Waals surface area contributed by atoms with Crippen LogP contribution in [0.15, 0.2) is 0 Å². The summed E-state index contributed by atoms with van der Waals surface area (Å²) in [6.45, 7) is 8.55. The minimum Gasteiger partial charge on any atom is -0.356 e. The lowest BCUT2D eigenvalue weighted by molar-refractivity contribution is 0.295. The Hall–Kier alpha value is -0.310. The minimum absolute atomic E-state index is 0.0596. The molecule has 0 bridgehead atoms. The maximum absolute atomic E-state index is 4.99. The Morgan fingerprint density at radius 2 is 1.30 bits per heavy atom. The molecule has 10 heavy (non-hydrogen) atoms. The average Bonchev–Trinajstić information content (AvgIpc) is 1.73. The van der Waals surface area contributed by atoms with Crippen molar-refractivity contribution in [3.8, 4) is 0 Å². The van der Waals surface area contributed by atoms with E-state index < -0.39 is 0 Å². The van der Waals surface area contributed by atoms with Gasteiger partial charge in [-0.1, -0.05) is 0 Å². The molecule has 0 aromatic heterocycles. The van der Waals surface area contributed by atoms with E-state index in [9.17, 15) is 0 Å². The molecule has 0 amide bonds. The predicted octanol–water partition coefficient (Wildman–Crippen LogP) is 1.02. The van der Waals surface area contributed by atoms with Crippen molar-refractivity contribution in [3.05, 3.63) is 0 Å². The second-order valence-electron chi connectivity index (χ2n) is 3.83. The van der Waals surface area contributed by atoms with Gasteiger partial charge < -0.3 is 10.6 Å². The zero-order valence-electron chi connectivity index (χ0n) is 6.91. The topological polar surface area (TPSA) is 24.1 Å². The van der Waals surface area contributed by atoms with E-state index in [0.717, 1.165) is 5.11 Å². The number of hydrogen-bond donors (Lipinski definition) is 2. The molecule has 2 nitrogen and oxygen atoms in total. The molecule has 1 rings (SSSR count). The molecule has 0 aromatic carbocycles. The highest BCUT2D eigenvalue weighted by Crippen LogP contribution is 2.24. The zero-order chi connectivity index (χ0) is 7.99. The molecule has 0 aromatic rings. The third kappa shape index (κ3) is 0.985. The molecule has 1 fully saturated rings. The third-order valence-corrected chi connectivity index (χ3v) is 2.62. The van der Waals surface area contributed by atoms with Gasteiger partial charge in [0.2, 0.25) is 0 Å². The lowest BCUT2D eigenvalue weighted by atomic mass is 9.85. The van der Waals surface area contributed by atoms with Crippen molar-refractivity contribution in [1.29, 1.82) is 0 Å². The van der Waals surface area contributed by atoms with Crippen molar-refractivity contribution in [2.45, 2.75) is 38.8 Å². The molecule has 0 radical (unpaired) electrons. The number of rotatable bonds is 0. The first-order valence-electron chi connectivity index (χ1n) is 3.45. The van der Waals surface area contributed by atoms with E-state index in [1.807, 2.05) is 0 Å². The lowest BCUT2D eigenvalue weighted by Gasteiger charge is -2.32. The van der Waals surface area contributed by atoms with Crippen LogP contribution in [0.1, 0.15) is 27.7 Å². The van der Waals surface area contributed by atoms with Crippen molar-refractivity contribution in [1.82, 2.24) is 10.6 Å². The van der Waals surface area contributed by atoms with Crippen molar-refractivity contribution in [2.24, 2.45) is 0 Å². The van der Waals surface area contributed by atoms with Crippen LogP contribution in [0.5, 0.6) is 0 Å². The van der Waals surface area contributed by atoms with Gasteiger partial charge in [-0.25, -0.2) is 0 Å². The van der Waals surface area contributed by atoms with E-state index in [-0.39, 0.29) is 11.1 Å². The van der Waals surface area contributed by atoms with Crippen LogP contribution in [0.3, 0.4) is 0 Å². The predicted molar refractivity (Wildman–Crippen MR) is 47.0 cm³/mol. The molecule has 1 saturated heterocycles. The molecule has 58 valence electrons. The maximum Gasteiger partial charge on any atom is 0.167 e. The first-order chi connectivity index (χ1) is 4.35. The SMILES string of the molecule is CC1(C)NC(=S)NC1(C)C. The van der Waals surface area contributed by atoms with E-state index in [2.05, 4.69) is 38.3 Å². The first-order valence-corrected chi connectivity index (χ1v) is 3.86. The summed E-state index contributed by atoms with van der Waals surface area (Å²) in [6.07, 6.45) is 0. The quantitative estimate of drug-likeness (QED) is 0.515. The van der Waals surface area contributed by atoms with Crippen LogP contribution in [0.4, 0.5) is 0 Å². The van der Waals surface area contributed by atoms with Gasteiger partial charge in [-0.2, -0.15) is 0 Å². The Balaban J connectivity index is 2.88. The first kappa shape index (κ1) is 7.79. The number of thiocarbonyl (C=S) groups is 1. The molecule has 0 saturated carbocycles. The monoisotopic (exact) mass is 158 g/mol. The number of nitrogens with one attached hydrogen (secondary N) is 2. The largest absolute Gasteiger partial charge is 0.356 e. The Morgan fingerprint density at radius 1 is 1.00 bits per heavy atom. The van der Waals surface area contributed by atoms with Crippen LogP contribution in [-0.4, -0.2) is 16.2 Å². The van der Waals surface area contributed by atoms with Crippen molar-refractivity contribution in [2.75, 3.05) is 0 Å². The van der Waals surface area contributed by atoms with Crippen molar-refractivity contribution >= 4 is 17.3 Å². The summed E-state index contributed by atoms with van der Waals surface area (Å²) < 4.78 is 0. The Labute approximate surface area is 67.4 Å². The summed E-state index contributed by atoms with van der Waals surface area (Å²) in [5.41, 5.74) is 0.119. The molecular formula is C7H14N2S. The molecule has 1 aliphatic rings. The van der Waals surface area contributed by atoms with Crippen molar-refractivity contribution < 1.29 is 0 Å². The molecular weight excluding hydrogens is 144 g/mol. The fourth-order valence-corrected chi connectivity index (χ4v) is 1.42. The molecule has 3 heteroatoms. The molecule has 1 heterocycles. The normalized spacial score (nSPS) is 27.4. The fraction of sp³-hybridized carbons (Fsp3) is 0.857. The standard InChI is InChI=1S/C7H14N2S/c1-6(2)7(3,4)9-5(10)8-6/h1-4H3,(H2,8,9,10). The van der Waals surface area contributed by atoms with Gasteiger partial charge in [-0.3, -0.25) is 0 Å². The summed E-state index contributed by atoms with van der Waals surface area (Å²) in [6, 6.07) is 0. The highest BCUT2D eigenvalue weighted by atomic mass is 32.1. The van der Waals surface area contributed by atoms with E-state index in [0.29, 0.717) is 0 Å². The Morgan fingerprint density at radius 3 is 1.40 bits per heavy atom. The minimum atomic E-state index is 0.0596. The van der Waals surface area contributed by atoms with Crippen molar-refractivity contribution in [3.63, 3.8) is 0 Å². The lowest BCUT2D eigenvalue weighted by Crippen LogP contribution is -2.51. The van der Waals surface area contributed by atoms with Gasteiger partial charge in [-0.15, -0.1) is 0 Å². The van der Waals surface area contributed by atoms with Gasteiger partial charge in [0.15, 0.2) is 5.11 Å². The van der Waals surface area contributed by atoms with Gasteiger partial charge in [0.1, 0.15) is 0 Å². The summed E-state index contributed by atoms with van der Waals surface area (Å²) in [5.74, 6) is 0.